The molecular formula is C69H46N4O. The van der Waals surface area contributed by atoms with E-state index in [0.717, 1.165) is 106 Å². The van der Waals surface area contributed by atoms with Gasteiger partial charge in [0.05, 0.1) is 16.7 Å². The molecule has 3 heterocycles. The molecule has 0 radical (unpaired) electrons. The highest BCUT2D eigenvalue weighted by molar-refractivity contribution is 6.18. The number of aromatic nitrogens is 4. The van der Waals surface area contributed by atoms with Gasteiger partial charge in [0, 0.05) is 55.3 Å². The fourth-order valence-electron chi connectivity index (χ4n) is 11.0. The largest absolute Gasteiger partial charge is 0.456 e. The van der Waals surface area contributed by atoms with Gasteiger partial charge in [0.1, 0.15) is 11.2 Å². The lowest BCUT2D eigenvalue weighted by Gasteiger charge is -2.23. The summed E-state index contributed by atoms with van der Waals surface area (Å²) < 4.78 is 8.98. The Morgan fingerprint density at radius 2 is 0.878 bits per heavy atom. The number of fused-ring (bicyclic) bond motifs is 6. The second kappa shape index (κ2) is 18.2. The van der Waals surface area contributed by atoms with Crippen LogP contribution in [0.5, 0.6) is 0 Å². The summed E-state index contributed by atoms with van der Waals surface area (Å²) in [5.74, 6) is 1.93. The molecule has 0 saturated heterocycles. The van der Waals surface area contributed by atoms with Gasteiger partial charge >= 0.3 is 0 Å². The number of hydrogen-bond donors (Lipinski definition) is 0. The molecule has 1 aliphatic carbocycles. The van der Waals surface area contributed by atoms with Crippen LogP contribution in [0.3, 0.4) is 0 Å². The molecule has 1 unspecified atom stereocenters. The maximum absolute atomic E-state index is 6.52. The highest BCUT2D eigenvalue weighted by Crippen LogP contribution is 2.46. The molecule has 13 aromatic rings. The maximum Gasteiger partial charge on any atom is 0.164 e. The first kappa shape index (κ1) is 43.1. The molecule has 0 N–H and O–H groups in total. The van der Waals surface area contributed by atoms with Crippen molar-refractivity contribution in [3.63, 3.8) is 0 Å². The van der Waals surface area contributed by atoms with Gasteiger partial charge in [-0.2, -0.15) is 0 Å². The van der Waals surface area contributed by atoms with Crippen LogP contribution in [0.4, 0.5) is 0 Å². The second-order valence-corrected chi connectivity index (χ2v) is 19.1. The first-order chi connectivity index (χ1) is 36.7. The Morgan fingerprint density at radius 3 is 1.54 bits per heavy atom. The highest BCUT2D eigenvalue weighted by Gasteiger charge is 2.26. The van der Waals surface area contributed by atoms with E-state index in [1.54, 1.807) is 0 Å². The summed E-state index contributed by atoms with van der Waals surface area (Å²) in [6.45, 7) is 0. The third kappa shape index (κ3) is 7.70. The van der Waals surface area contributed by atoms with Crippen molar-refractivity contribution in [1.82, 2.24) is 19.5 Å². The Balaban J connectivity index is 1.04. The van der Waals surface area contributed by atoms with Crippen molar-refractivity contribution in [2.45, 2.75) is 12.3 Å². The average molecular weight is 947 g/mol. The number of nitrogens with zero attached hydrogens (tertiary/aromatic N) is 4. The molecule has 0 aliphatic heterocycles. The van der Waals surface area contributed by atoms with Crippen molar-refractivity contribution in [3.05, 3.63) is 278 Å². The zero-order valence-corrected chi connectivity index (χ0v) is 40.3. The SMILES string of the molecule is C1=C(c2ccccc2)CC(c2ccccc2)C=C1c1nc(-c2ccc(-c3ccccc3)cc2)nc(-c2cc(-c3ccccc3)c(-n3c4ccccc4c4cc5oc6ccccc6c5cc43)c(-c3ccccc3)c2)n1. The third-order valence-electron chi connectivity index (χ3n) is 14.6. The molecule has 74 heavy (non-hydrogen) atoms. The number of para-hydroxylation sites is 2. The van der Waals surface area contributed by atoms with E-state index in [1.165, 1.54) is 16.7 Å². The molecule has 1 atom stereocenters. The van der Waals surface area contributed by atoms with Crippen molar-refractivity contribution >= 4 is 54.9 Å². The molecule has 0 fully saturated rings. The van der Waals surface area contributed by atoms with Gasteiger partial charge in [0.15, 0.2) is 17.5 Å². The fourth-order valence-corrected chi connectivity index (χ4v) is 11.0. The first-order valence-electron chi connectivity index (χ1n) is 25.3. The van der Waals surface area contributed by atoms with Crippen LogP contribution in [0.25, 0.3) is 117 Å². The minimum absolute atomic E-state index is 0.112. The van der Waals surface area contributed by atoms with Crippen LogP contribution in [0.15, 0.2) is 265 Å². The van der Waals surface area contributed by atoms with E-state index in [0.29, 0.717) is 17.5 Å². The minimum atomic E-state index is 0.112. The van der Waals surface area contributed by atoms with E-state index < -0.39 is 0 Å². The average Bonchev–Trinajstić information content (AvgIpc) is 4.02. The zero-order chi connectivity index (χ0) is 49.0. The second-order valence-electron chi connectivity index (χ2n) is 19.1. The molecule has 0 spiro atoms. The normalized spacial score (nSPS) is 13.6. The lowest BCUT2D eigenvalue weighted by Crippen LogP contribution is -2.08. The summed E-state index contributed by atoms with van der Waals surface area (Å²) in [6.07, 6.45) is 5.49. The Morgan fingerprint density at radius 1 is 0.365 bits per heavy atom. The Labute approximate surface area is 428 Å². The van der Waals surface area contributed by atoms with Gasteiger partial charge in [-0.05, 0) is 87.8 Å². The Bertz CT molecular complexity index is 4230. The number of furan rings is 1. The Hall–Kier alpha value is -9.71. The molecule has 0 saturated carbocycles. The first-order valence-corrected chi connectivity index (χ1v) is 25.3. The molecule has 348 valence electrons. The van der Waals surface area contributed by atoms with Gasteiger partial charge < -0.3 is 8.98 Å². The van der Waals surface area contributed by atoms with Gasteiger partial charge in [0.2, 0.25) is 0 Å². The van der Waals surface area contributed by atoms with Crippen LogP contribution < -0.4 is 0 Å². The van der Waals surface area contributed by atoms with Crippen LogP contribution >= 0.6 is 0 Å². The molecule has 0 bridgehead atoms. The summed E-state index contributed by atoms with van der Waals surface area (Å²) in [5.41, 5.74) is 17.9. The van der Waals surface area contributed by atoms with Gasteiger partial charge in [-0.3, -0.25) is 0 Å². The lowest BCUT2D eigenvalue weighted by molar-refractivity contribution is 0.669. The van der Waals surface area contributed by atoms with E-state index in [9.17, 15) is 0 Å². The van der Waals surface area contributed by atoms with E-state index in [1.807, 2.05) is 12.1 Å². The van der Waals surface area contributed by atoms with Gasteiger partial charge in [-0.25, -0.2) is 15.0 Å². The van der Waals surface area contributed by atoms with Crippen molar-refractivity contribution in [1.29, 1.82) is 0 Å². The molecule has 0 amide bonds. The van der Waals surface area contributed by atoms with E-state index in [4.69, 9.17) is 19.4 Å². The van der Waals surface area contributed by atoms with Crippen LogP contribution in [-0.2, 0) is 0 Å². The number of allylic oxidation sites excluding steroid dienone is 4. The topological polar surface area (TPSA) is 56.7 Å². The zero-order valence-electron chi connectivity index (χ0n) is 40.3. The summed E-state index contributed by atoms with van der Waals surface area (Å²) in [6, 6.07) is 88.2. The summed E-state index contributed by atoms with van der Waals surface area (Å²) >= 11 is 0. The number of benzene rings is 10. The van der Waals surface area contributed by atoms with Crippen molar-refractivity contribution in [3.8, 4) is 61.8 Å². The summed E-state index contributed by atoms with van der Waals surface area (Å²) in [7, 11) is 0. The molecule has 1 aliphatic rings. The molecule has 5 nitrogen and oxygen atoms in total. The summed E-state index contributed by atoms with van der Waals surface area (Å²) in [4.78, 5) is 16.4. The van der Waals surface area contributed by atoms with Crippen molar-refractivity contribution in [2.75, 3.05) is 0 Å². The standard InChI is InChI=1S/C69H46N4O/c1-6-20-45(21-7-1)48-34-36-51(37-35-48)67-70-68(54-39-52(46-22-8-2-9-23-46)38-53(40-54)47-24-10-3-11-25-47)72-69(71-67)55-41-58(49-26-12-4-13-27-49)66(59(42-55)50-28-14-5-15-29-50)73-62-32-18-16-30-56(62)60-44-65-61(43-63(60)73)57-31-17-19-33-64(57)74-65/h1-37,39-44,52H,38H2. The van der Waals surface area contributed by atoms with E-state index in [2.05, 4.69) is 253 Å². The molecule has 5 heteroatoms. The predicted molar refractivity (Wildman–Crippen MR) is 305 cm³/mol. The Kier molecular flexibility index (Phi) is 10.6. The predicted octanol–water partition coefficient (Wildman–Crippen LogP) is 17.9. The van der Waals surface area contributed by atoms with Crippen molar-refractivity contribution < 1.29 is 4.42 Å². The molecule has 3 aromatic heterocycles. The molecule has 10 aromatic carbocycles. The van der Waals surface area contributed by atoms with Crippen LogP contribution in [0.1, 0.15) is 29.3 Å². The molecular weight excluding hydrogens is 901 g/mol. The van der Waals surface area contributed by atoms with Crippen LogP contribution in [0, 0.1) is 0 Å². The van der Waals surface area contributed by atoms with Gasteiger partial charge in [-0.1, -0.05) is 218 Å². The quantitative estimate of drug-likeness (QED) is 0.145. The van der Waals surface area contributed by atoms with Crippen LogP contribution in [-0.4, -0.2) is 19.5 Å². The number of hydrogen-bond acceptors (Lipinski definition) is 4. The maximum atomic E-state index is 6.52. The fraction of sp³-hybridized carbons (Fsp3) is 0.0290. The lowest BCUT2D eigenvalue weighted by atomic mass is 9.83. The molecule has 14 rings (SSSR count). The van der Waals surface area contributed by atoms with Crippen molar-refractivity contribution in [2.24, 2.45) is 0 Å². The van der Waals surface area contributed by atoms with E-state index in [-0.39, 0.29) is 5.92 Å². The highest BCUT2D eigenvalue weighted by atomic mass is 16.3. The van der Waals surface area contributed by atoms with Gasteiger partial charge in [0.25, 0.3) is 0 Å². The van der Waals surface area contributed by atoms with E-state index >= 15 is 0 Å². The third-order valence-corrected chi connectivity index (χ3v) is 14.6. The van der Waals surface area contributed by atoms with Crippen LogP contribution in [0.2, 0.25) is 0 Å². The monoisotopic (exact) mass is 946 g/mol. The minimum Gasteiger partial charge on any atom is -0.456 e. The smallest absolute Gasteiger partial charge is 0.164 e. The summed E-state index contributed by atoms with van der Waals surface area (Å²) in [5, 5.41) is 4.44. The van der Waals surface area contributed by atoms with Gasteiger partial charge in [-0.15, -0.1) is 0 Å². The number of rotatable bonds is 9.